The summed E-state index contributed by atoms with van der Waals surface area (Å²) in [5.74, 6) is -2.57. The summed E-state index contributed by atoms with van der Waals surface area (Å²) in [5, 5.41) is 8.82. The number of hydrogen-bond acceptors (Lipinski definition) is 6. The number of aromatic nitrogens is 3. The van der Waals surface area contributed by atoms with Crippen molar-refractivity contribution in [2.45, 2.75) is 6.54 Å². The molecule has 0 saturated heterocycles. The Kier molecular flexibility index (Phi) is 4.24. The van der Waals surface area contributed by atoms with E-state index in [2.05, 4.69) is 15.5 Å². The lowest BCUT2D eigenvalue weighted by molar-refractivity contribution is -0.116. The van der Waals surface area contributed by atoms with Crippen LogP contribution >= 0.6 is 11.3 Å². The van der Waals surface area contributed by atoms with E-state index >= 15 is 0 Å². The molecule has 27 heavy (non-hydrogen) atoms. The number of halogens is 2. The summed E-state index contributed by atoms with van der Waals surface area (Å²) < 4.78 is 33.4. The van der Waals surface area contributed by atoms with Gasteiger partial charge in [0.15, 0.2) is 11.6 Å². The molecule has 0 atom stereocenters. The number of carbonyl (C=O) groups excluding carboxylic acids is 1. The van der Waals surface area contributed by atoms with Gasteiger partial charge in [-0.3, -0.25) is 14.2 Å². The van der Waals surface area contributed by atoms with Crippen molar-refractivity contribution in [3.05, 3.63) is 64.1 Å². The minimum absolute atomic E-state index is 0.262. The zero-order valence-electron chi connectivity index (χ0n) is 13.5. The van der Waals surface area contributed by atoms with Crippen LogP contribution in [0.3, 0.4) is 0 Å². The molecule has 0 aliphatic heterocycles. The first-order valence-electron chi connectivity index (χ1n) is 7.66. The van der Waals surface area contributed by atoms with Gasteiger partial charge in [-0.2, -0.15) is 4.98 Å². The van der Waals surface area contributed by atoms with Crippen LogP contribution in [-0.4, -0.2) is 20.6 Å². The minimum Gasteiger partial charge on any atom is -0.342 e. The Morgan fingerprint density at radius 1 is 1.22 bits per heavy atom. The maximum Gasteiger partial charge on any atom is 0.251 e. The molecule has 1 aromatic carbocycles. The fourth-order valence-electron chi connectivity index (χ4n) is 2.66. The van der Waals surface area contributed by atoms with Gasteiger partial charge in [0, 0.05) is 11.5 Å². The molecule has 1 N–H and O–H groups in total. The van der Waals surface area contributed by atoms with Crippen molar-refractivity contribution in [2.24, 2.45) is 0 Å². The van der Waals surface area contributed by atoms with Crippen molar-refractivity contribution < 1.29 is 18.1 Å². The predicted molar refractivity (Wildman–Crippen MR) is 94.4 cm³/mol. The van der Waals surface area contributed by atoms with Crippen LogP contribution in [0.15, 0.2) is 51.4 Å². The van der Waals surface area contributed by atoms with Gasteiger partial charge >= 0.3 is 0 Å². The van der Waals surface area contributed by atoms with Gasteiger partial charge in [-0.1, -0.05) is 5.16 Å². The van der Waals surface area contributed by atoms with E-state index in [1.54, 1.807) is 11.4 Å². The SMILES string of the molecule is O=C(Cn1c(=O)ccc2ccc(F)c(F)c21)Nc1sccc1-c1ncon1. The summed E-state index contributed by atoms with van der Waals surface area (Å²) in [6, 6.07) is 6.58. The summed E-state index contributed by atoms with van der Waals surface area (Å²) in [7, 11) is 0. The number of nitrogens with one attached hydrogen (secondary N) is 1. The Morgan fingerprint density at radius 2 is 2.04 bits per heavy atom. The third-order valence-electron chi connectivity index (χ3n) is 3.86. The molecule has 0 fully saturated rings. The molecule has 0 saturated carbocycles. The first-order chi connectivity index (χ1) is 13.0. The molecule has 3 heterocycles. The van der Waals surface area contributed by atoms with Crippen molar-refractivity contribution in [3.8, 4) is 11.4 Å². The molecule has 0 unspecified atom stereocenters. The smallest absolute Gasteiger partial charge is 0.251 e. The highest BCUT2D eigenvalue weighted by Gasteiger charge is 2.17. The number of benzene rings is 1. The van der Waals surface area contributed by atoms with Crippen LogP contribution in [0.25, 0.3) is 22.3 Å². The minimum atomic E-state index is -1.18. The lowest BCUT2D eigenvalue weighted by Gasteiger charge is -2.11. The molecule has 0 spiro atoms. The van der Waals surface area contributed by atoms with E-state index < -0.39 is 29.6 Å². The van der Waals surface area contributed by atoms with Gasteiger partial charge in [-0.05, 0) is 29.6 Å². The van der Waals surface area contributed by atoms with Crippen LogP contribution in [0.2, 0.25) is 0 Å². The van der Waals surface area contributed by atoms with E-state index in [1.165, 1.54) is 29.5 Å². The van der Waals surface area contributed by atoms with Crippen molar-refractivity contribution in [3.63, 3.8) is 0 Å². The van der Waals surface area contributed by atoms with Crippen LogP contribution in [0.4, 0.5) is 13.8 Å². The molecule has 0 aliphatic rings. The van der Waals surface area contributed by atoms with E-state index in [1.807, 2.05) is 0 Å². The van der Waals surface area contributed by atoms with Gasteiger partial charge in [0.2, 0.25) is 18.1 Å². The van der Waals surface area contributed by atoms with Gasteiger partial charge in [0.05, 0.1) is 11.1 Å². The Hall–Kier alpha value is -3.40. The Bertz CT molecular complexity index is 1200. The third-order valence-corrected chi connectivity index (χ3v) is 4.69. The largest absolute Gasteiger partial charge is 0.342 e. The average molecular weight is 388 g/mol. The van der Waals surface area contributed by atoms with Crippen molar-refractivity contribution >= 4 is 33.1 Å². The highest BCUT2D eigenvalue weighted by atomic mass is 32.1. The maximum atomic E-state index is 14.2. The number of hydrogen-bond donors (Lipinski definition) is 1. The number of nitrogens with zero attached hydrogens (tertiary/aromatic N) is 3. The molecule has 7 nitrogen and oxygen atoms in total. The van der Waals surface area contributed by atoms with Crippen LogP contribution in [0, 0.1) is 11.6 Å². The Morgan fingerprint density at radius 3 is 2.81 bits per heavy atom. The number of thiophene rings is 1. The highest BCUT2D eigenvalue weighted by Crippen LogP contribution is 2.31. The van der Waals surface area contributed by atoms with Gasteiger partial charge < -0.3 is 9.84 Å². The van der Waals surface area contributed by atoms with E-state index in [9.17, 15) is 18.4 Å². The third kappa shape index (κ3) is 3.10. The molecule has 0 aliphatic carbocycles. The molecule has 10 heteroatoms. The van der Waals surface area contributed by atoms with E-state index in [4.69, 9.17) is 4.52 Å². The lowest BCUT2D eigenvalue weighted by Crippen LogP contribution is -2.28. The summed E-state index contributed by atoms with van der Waals surface area (Å²) in [6.07, 6.45) is 1.16. The summed E-state index contributed by atoms with van der Waals surface area (Å²) in [6.45, 7) is -0.486. The number of pyridine rings is 1. The highest BCUT2D eigenvalue weighted by molar-refractivity contribution is 7.15. The summed E-state index contributed by atoms with van der Waals surface area (Å²) in [4.78, 5) is 28.5. The van der Waals surface area contributed by atoms with Gasteiger partial charge in [0.1, 0.15) is 11.5 Å². The number of amides is 1. The number of anilines is 1. The van der Waals surface area contributed by atoms with Crippen molar-refractivity contribution in [2.75, 3.05) is 5.32 Å². The fourth-order valence-corrected chi connectivity index (χ4v) is 3.46. The number of carbonyl (C=O) groups is 1. The van der Waals surface area contributed by atoms with Crippen LogP contribution in [0.1, 0.15) is 0 Å². The fraction of sp³-hybridized carbons (Fsp3) is 0.0588. The predicted octanol–water partition coefficient (Wildman–Crippen LogP) is 3.03. The van der Waals surface area contributed by atoms with Gasteiger partial charge in [-0.25, -0.2) is 8.78 Å². The molecule has 4 aromatic rings. The number of fused-ring (bicyclic) bond motifs is 1. The van der Waals surface area contributed by atoms with Gasteiger partial charge in [0.25, 0.3) is 5.56 Å². The van der Waals surface area contributed by atoms with Crippen LogP contribution < -0.4 is 10.9 Å². The Balaban J connectivity index is 1.67. The molecule has 0 radical (unpaired) electrons. The zero-order valence-corrected chi connectivity index (χ0v) is 14.3. The second-order valence-corrected chi connectivity index (χ2v) is 6.44. The first kappa shape index (κ1) is 17.0. The maximum absolute atomic E-state index is 14.2. The second kappa shape index (κ2) is 6.72. The molecule has 3 aromatic heterocycles. The van der Waals surface area contributed by atoms with E-state index in [0.29, 0.717) is 21.8 Å². The average Bonchev–Trinajstić information content (AvgIpc) is 3.32. The van der Waals surface area contributed by atoms with E-state index in [-0.39, 0.29) is 5.52 Å². The van der Waals surface area contributed by atoms with Gasteiger partial charge in [-0.15, -0.1) is 11.3 Å². The van der Waals surface area contributed by atoms with Crippen LogP contribution in [0.5, 0.6) is 0 Å². The molecule has 4 rings (SSSR count). The summed E-state index contributed by atoms with van der Waals surface area (Å²) in [5.41, 5.74) is -0.335. The van der Waals surface area contributed by atoms with Crippen LogP contribution in [-0.2, 0) is 11.3 Å². The molecular weight excluding hydrogens is 378 g/mol. The lowest BCUT2D eigenvalue weighted by atomic mass is 10.2. The normalized spacial score (nSPS) is 11.0. The molecule has 1 amide bonds. The van der Waals surface area contributed by atoms with Crippen molar-refractivity contribution in [1.29, 1.82) is 0 Å². The standard InChI is InChI=1S/C17H10F2N4O3S/c18-11-3-1-9-2-4-13(25)23(15(9)14(11)19)7-12(24)21-17-10(5-6-27-17)16-20-8-26-22-16/h1-6,8H,7H2,(H,21,24). The number of rotatable bonds is 4. The van der Waals surface area contributed by atoms with Crippen molar-refractivity contribution in [1.82, 2.24) is 14.7 Å². The van der Waals surface area contributed by atoms with E-state index in [0.717, 1.165) is 17.0 Å². The topological polar surface area (TPSA) is 90.0 Å². The molecular formula is C17H10F2N4O3S. The second-order valence-electron chi connectivity index (χ2n) is 5.52. The first-order valence-corrected chi connectivity index (χ1v) is 8.54. The summed E-state index contributed by atoms with van der Waals surface area (Å²) >= 11 is 1.23. The zero-order chi connectivity index (χ0) is 19.0. The quantitative estimate of drug-likeness (QED) is 0.580. The molecule has 136 valence electrons. The molecule has 0 bridgehead atoms. The monoisotopic (exact) mass is 388 g/mol. The Labute approximate surface area is 153 Å².